The summed E-state index contributed by atoms with van der Waals surface area (Å²) in [5.41, 5.74) is -1.09. The molecule has 36 heavy (non-hydrogen) atoms. The molecule has 3 aromatic rings. The van der Waals surface area contributed by atoms with Crippen LogP contribution in [0.2, 0.25) is 10.0 Å². The summed E-state index contributed by atoms with van der Waals surface area (Å²) in [4.78, 5) is 40.6. The molecule has 1 aromatic heterocycles. The number of nitrogens with zero attached hydrogens (tertiary/aromatic N) is 3. The maximum absolute atomic E-state index is 13.4. The molecule has 2 aromatic carbocycles. The van der Waals surface area contributed by atoms with Gasteiger partial charge in [-0.1, -0.05) is 44.0 Å². The molecule has 0 aliphatic carbocycles. The average Bonchev–Trinajstić information content (AvgIpc) is 2.93. The van der Waals surface area contributed by atoms with Crippen molar-refractivity contribution >= 4 is 29.1 Å². The molecule has 0 bridgehead atoms. The predicted molar refractivity (Wildman–Crippen MR) is 137 cm³/mol. The third-order valence-electron chi connectivity index (χ3n) is 6.06. The van der Waals surface area contributed by atoms with Crippen LogP contribution >= 0.6 is 23.2 Å². The molecule has 1 aliphatic heterocycles. The van der Waals surface area contributed by atoms with Gasteiger partial charge < -0.3 is 14.7 Å². The number of amides is 1. The second-order valence-corrected chi connectivity index (χ2v) is 10.7. The first-order valence-corrected chi connectivity index (χ1v) is 12.2. The Labute approximate surface area is 217 Å². The van der Waals surface area contributed by atoms with E-state index in [1.54, 1.807) is 4.90 Å². The van der Waals surface area contributed by atoms with E-state index in [1.807, 2.05) is 0 Å². The molecule has 2 N–H and O–H groups in total. The van der Waals surface area contributed by atoms with Crippen LogP contribution in [-0.4, -0.2) is 43.8 Å². The van der Waals surface area contributed by atoms with Crippen molar-refractivity contribution in [3.8, 4) is 22.9 Å². The molecule has 1 unspecified atom stereocenters. The standard InChI is InChI=1S/C25H26Cl2N4O5/c1-14-6-7-30(13-25(2,3)11-14)23(34)17-10-16(4-5-20(17)32)36-22-18(26)8-15(9-19(22)27)31-24(35)29-21(33)12-28-31/h4-5,8-10,12,14,32H,6-7,11,13H2,1-3H3,(H,29,33,35). The van der Waals surface area contributed by atoms with Crippen molar-refractivity contribution in [2.75, 3.05) is 13.1 Å². The Morgan fingerprint density at radius 3 is 2.56 bits per heavy atom. The number of ether oxygens (including phenoxy) is 1. The van der Waals surface area contributed by atoms with Gasteiger partial charge in [-0.25, -0.2) is 4.79 Å². The highest BCUT2D eigenvalue weighted by Crippen LogP contribution is 2.39. The van der Waals surface area contributed by atoms with E-state index in [0.717, 1.165) is 23.7 Å². The quantitative estimate of drug-likeness (QED) is 0.505. The Morgan fingerprint density at radius 2 is 1.89 bits per heavy atom. The Morgan fingerprint density at radius 1 is 1.19 bits per heavy atom. The van der Waals surface area contributed by atoms with Crippen molar-refractivity contribution in [1.29, 1.82) is 0 Å². The molecule has 4 rings (SSSR count). The Bertz CT molecular complexity index is 1410. The second-order valence-electron chi connectivity index (χ2n) is 9.86. The number of aromatic nitrogens is 3. The third-order valence-corrected chi connectivity index (χ3v) is 6.62. The van der Waals surface area contributed by atoms with Gasteiger partial charge in [0.25, 0.3) is 11.5 Å². The first-order chi connectivity index (χ1) is 16.9. The van der Waals surface area contributed by atoms with Crippen molar-refractivity contribution in [2.45, 2.75) is 33.6 Å². The summed E-state index contributed by atoms with van der Waals surface area (Å²) in [6.07, 6.45) is 2.85. The van der Waals surface area contributed by atoms with Gasteiger partial charge in [-0.2, -0.15) is 9.78 Å². The zero-order valence-electron chi connectivity index (χ0n) is 20.0. The highest BCUT2D eigenvalue weighted by molar-refractivity contribution is 6.37. The van der Waals surface area contributed by atoms with E-state index < -0.39 is 11.2 Å². The SMILES string of the molecule is CC1CCN(C(=O)c2cc(Oc3c(Cl)cc(-n4ncc(=O)[nH]c4=O)cc3Cl)ccc2O)CC(C)(C)C1. The third kappa shape index (κ3) is 5.57. The topological polar surface area (TPSA) is 118 Å². The van der Waals surface area contributed by atoms with Crippen LogP contribution in [0.25, 0.3) is 5.69 Å². The number of hydrogen-bond donors (Lipinski definition) is 2. The number of likely N-dealkylation sites (tertiary alicyclic amines) is 1. The first-order valence-electron chi connectivity index (χ1n) is 11.4. The summed E-state index contributed by atoms with van der Waals surface area (Å²) in [7, 11) is 0. The molecule has 9 nitrogen and oxygen atoms in total. The molecule has 190 valence electrons. The lowest BCUT2D eigenvalue weighted by molar-refractivity contribution is 0.0703. The smallest absolute Gasteiger partial charge is 0.349 e. The van der Waals surface area contributed by atoms with Crippen molar-refractivity contribution in [1.82, 2.24) is 19.7 Å². The summed E-state index contributed by atoms with van der Waals surface area (Å²) < 4.78 is 6.82. The van der Waals surface area contributed by atoms with E-state index in [2.05, 4.69) is 30.9 Å². The average molecular weight is 533 g/mol. The molecule has 1 atom stereocenters. The summed E-state index contributed by atoms with van der Waals surface area (Å²) >= 11 is 12.8. The van der Waals surface area contributed by atoms with E-state index in [4.69, 9.17) is 27.9 Å². The number of phenolic OH excluding ortho intramolecular Hbond substituents is 1. The summed E-state index contributed by atoms with van der Waals surface area (Å²) in [5, 5.41) is 14.4. The van der Waals surface area contributed by atoms with Crippen LogP contribution in [0.15, 0.2) is 46.1 Å². The minimum Gasteiger partial charge on any atom is -0.507 e. The lowest BCUT2D eigenvalue weighted by Gasteiger charge is -2.30. The van der Waals surface area contributed by atoms with Crippen LogP contribution in [0.5, 0.6) is 17.2 Å². The number of halogens is 2. The zero-order valence-corrected chi connectivity index (χ0v) is 21.6. The lowest BCUT2D eigenvalue weighted by Crippen LogP contribution is -2.37. The molecule has 1 amide bonds. The maximum atomic E-state index is 13.4. The van der Waals surface area contributed by atoms with E-state index >= 15 is 0 Å². The fourth-order valence-corrected chi connectivity index (χ4v) is 5.15. The van der Waals surface area contributed by atoms with Crippen LogP contribution < -0.4 is 16.0 Å². The van der Waals surface area contributed by atoms with Gasteiger partial charge in [0.2, 0.25) is 0 Å². The molecular formula is C25H26Cl2N4O5. The number of nitrogens with one attached hydrogen (secondary N) is 1. The molecule has 0 saturated carbocycles. The van der Waals surface area contributed by atoms with Gasteiger partial charge >= 0.3 is 5.69 Å². The number of carbonyl (C=O) groups excluding carboxylic acids is 1. The Balaban J connectivity index is 1.62. The van der Waals surface area contributed by atoms with Crippen LogP contribution in [0.3, 0.4) is 0 Å². The van der Waals surface area contributed by atoms with Crippen molar-refractivity contribution in [2.24, 2.45) is 11.3 Å². The number of aromatic hydroxyl groups is 1. The van der Waals surface area contributed by atoms with Crippen molar-refractivity contribution < 1.29 is 14.6 Å². The molecule has 1 aliphatic rings. The first kappa shape index (κ1) is 25.8. The van der Waals surface area contributed by atoms with E-state index in [-0.39, 0.29) is 49.9 Å². The van der Waals surface area contributed by atoms with E-state index in [0.29, 0.717) is 19.0 Å². The predicted octanol–water partition coefficient (Wildman–Crippen LogP) is 4.62. The lowest BCUT2D eigenvalue weighted by atomic mass is 9.83. The minimum atomic E-state index is -0.754. The van der Waals surface area contributed by atoms with Gasteiger partial charge in [-0.05, 0) is 54.5 Å². The number of H-pyrrole nitrogens is 1. The number of aromatic amines is 1. The highest BCUT2D eigenvalue weighted by Gasteiger charge is 2.31. The highest BCUT2D eigenvalue weighted by atomic mass is 35.5. The van der Waals surface area contributed by atoms with E-state index in [1.165, 1.54) is 30.3 Å². The molecular weight excluding hydrogens is 507 g/mol. The molecule has 1 saturated heterocycles. The Kier molecular flexibility index (Phi) is 7.15. The fraction of sp³-hybridized carbons (Fsp3) is 0.360. The number of carbonyl (C=O) groups is 1. The van der Waals surface area contributed by atoms with Gasteiger partial charge in [0.1, 0.15) is 17.7 Å². The summed E-state index contributed by atoms with van der Waals surface area (Å²) in [6, 6.07) is 7.14. The van der Waals surface area contributed by atoms with Gasteiger partial charge in [0.05, 0.1) is 21.3 Å². The maximum Gasteiger partial charge on any atom is 0.349 e. The number of benzene rings is 2. The van der Waals surface area contributed by atoms with Crippen LogP contribution in [0.1, 0.15) is 44.0 Å². The monoisotopic (exact) mass is 532 g/mol. The number of hydrogen-bond acceptors (Lipinski definition) is 6. The largest absolute Gasteiger partial charge is 0.507 e. The van der Waals surface area contributed by atoms with Gasteiger partial charge in [-0.3, -0.25) is 14.6 Å². The normalized spacial score (nSPS) is 17.5. The number of rotatable bonds is 4. The molecule has 1 fully saturated rings. The van der Waals surface area contributed by atoms with Crippen LogP contribution in [0.4, 0.5) is 0 Å². The minimum absolute atomic E-state index is 0.0410. The fourth-order valence-electron chi connectivity index (χ4n) is 4.60. The summed E-state index contributed by atoms with van der Waals surface area (Å²) in [5.74, 6) is 0.396. The van der Waals surface area contributed by atoms with Crippen molar-refractivity contribution in [3.63, 3.8) is 0 Å². The molecule has 11 heteroatoms. The van der Waals surface area contributed by atoms with Crippen LogP contribution in [0, 0.1) is 11.3 Å². The zero-order chi connectivity index (χ0) is 26.2. The summed E-state index contributed by atoms with van der Waals surface area (Å²) in [6.45, 7) is 7.64. The van der Waals surface area contributed by atoms with Gasteiger partial charge in [0.15, 0.2) is 5.75 Å². The molecule has 0 spiro atoms. The number of phenols is 1. The van der Waals surface area contributed by atoms with Crippen LogP contribution in [-0.2, 0) is 0 Å². The molecule has 0 radical (unpaired) electrons. The molecule has 2 heterocycles. The Hall–Kier alpha value is -3.30. The second kappa shape index (κ2) is 9.99. The van der Waals surface area contributed by atoms with Crippen molar-refractivity contribution in [3.05, 3.63) is 73.0 Å². The van der Waals surface area contributed by atoms with Gasteiger partial charge in [0, 0.05) is 13.1 Å². The van der Waals surface area contributed by atoms with Gasteiger partial charge in [-0.15, -0.1) is 0 Å². The van der Waals surface area contributed by atoms with E-state index in [9.17, 15) is 19.5 Å².